The Morgan fingerprint density at radius 2 is 2.04 bits per heavy atom. The van der Waals surface area contributed by atoms with Crippen LogP contribution in [0.15, 0.2) is 48.9 Å². The molecule has 0 bridgehead atoms. The molecule has 144 valence electrons. The molecule has 0 unspecified atom stereocenters. The van der Waals surface area contributed by atoms with Gasteiger partial charge in [0.25, 0.3) is 5.91 Å². The van der Waals surface area contributed by atoms with E-state index in [1.54, 1.807) is 12.5 Å². The van der Waals surface area contributed by atoms with Gasteiger partial charge in [-0.15, -0.1) is 0 Å². The van der Waals surface area contributed by atoms with E-state index in [-0.39, 0.29) is 17.9 Å². The van der Waals surface area contributed by atoms with Gasteiger partial charge >= 0.3 is 0 Å². The van der Waals surface area contributed by atoms with Gasteiger partial charge in [-0.2, -0.15) is 0 Å². The molecule has 6 nitrogen and oxygen atoms in total. The molecule has 1 saturated heterocycles. The highest BCUT2D eigenvalue weighted by Crippen LogP contribution is 2.46. The number of piperidine rings is 1. The maximum atomic E-state index is 13.5. The molecule has 3 atom stereocenters. The molecule has 5 rings (SSSR count). The van der Waals surface area contributed by atoms with Crippen LogP contribution in [-0.4, -0.2) is 43.5 Å². The summed E-state index contributed by atoms with van der Waals surface area (Å²) in [5, 5.41) is 11.6. The summed E-state index contributed by atoms with van der Waals surface area (Å²) >= 11 is 0. The molecule has 1 aliphatic carbocycles. The van der Waals surface area contributed by atoms with Crippen molar-refractivity contribution in [1.82, 2.24) is 19.9 Å². The first-order valence-corrected chi connectivity index (χ1v) is 10.1. The number of amides is 1. The third-order valence-corrected chi connectivity index (χ3v) is 6.53. The van der Waals surface area contributed by atoms with Crippen LogP contribution >= 0.6 is 0 Å². The average Bonchev–Trinajstić information content (AvgIpc) is 3.23. The van der Waals surface area contributed by atoms with E-state index in [0.717, 1.165) is 36.9 Å². The van der Waals surface area contributed by atoms with Crippen LogP contribution in [0.3, 0.4) is 0 Å². The number of aliphatic hydroxyl groups is 1. The van der Waals surface area contributed by atoms with Crippen molar-refractivity contribution >= 4 is 16.9 Å². The van der Waals surface area contributed by atoms with Crippen LogP contribution in [0.2, 0.25) is 0 Å². The van der Waals surface area contributed by atoms with Crippen molar-refractivity contribution in [3.63, 3.8) is 0 Å². The van der Waals surface area contributed by atoms with Crippen LogP contribution in [0.25, 0.3) is 11.0 Å². The Hall–Kier alpha value is -2.73. The van der Waals surface area contributed by atoms with Gasteiger partial charge in [0, 0.05) is 24.7 Å². The number of H-pyrrole nitrogens is 1. The van der Waals surface area contributed by atoms with Gasteiger partial charge in [-0.1, -0.05) is 25.0 Å². The highest BCUT2D eigenvalue weighted by molar-refractivity contribution is 6.05. The quantitative estimate of drug-likeness (QED) is 0.719. The lowest BCUT2D eigenvalue weighted by atomic mass is 9.67. The zero-order chi connectivity index (χ0) is 19.1. The third kappa shape index (κ3) is 2.63. The molecule has 1 saturated carbocycles. The summed E-state index contributed by atoms with van der Waals surface area (Å²) in [5.41, 5.74) is 1.97. The van der Waals surface area contributed by atoms with Gasteiger partial charge < -0.3 is 15.0 Å². The lowest BCUT2D eigenvalue weighted by Gasteiger charge is -2.52. The molecule has 2 aromatic heterocycles. The highest BCUT2D eigenvalue weighted by atomic mass is 16.3. The van der Waals surface area contributed by atoms with Crippen LogP contribution in [0.4, 0.5) is 0 Å². The molecular weight excluding hydrogens is 352 g/mol. The predicted octanol–water partition coefficient (Wildman–Crippen LogP) is 3.25. The first kappa shape index (κ1) is 17.4. The maximum Gasteiger partial charge on any atom is 0.256 e. The largest absolute Gasteiger partial charge is 0.383 e. The number of nitrogens with zero attached hydrogens (tertiary/aromatic N) is 3. The van der Waals surface area contributed by atoms with E-state index < -0.39 is 5.60 Å². The van der Waals surface area contributed by atoms with Gasteiger partial charge in [-0.25, -0.2) is 4.98 Å². The topological polar surface area (TPSA) is 82.1 Å². The Morgan fingerprint density at radius 3 is 2.89 bits per heavy atom. The Labute approximate surface area is 163 Å². The number of aromatic nitrogens is 3. The molecule has 2 aliphatic rings. The Bertz CT molecular complexity index is 1000. The maximum absolute atomic E-state index is 13.5. The number of hydrogen-bond acceptors (Lipinski definition) is 4. The Morgan fingerprint density at radius 1 is 1.14 bits per heavy atom. The van der Waals surface area contributed by atoms with Crippen LogP contribution in [0, 0.1) is 5.92 Å². The van der Waals surface area contributed by atoms with Crippen molar-refractivity contribution in [3.05, 3.63) is 60.2 Å². The first-order chi connectivity index (χ1) is 13.7. The van der Waals surface area contributed by atoms with Crippen molar-refractivity contribution < 1.29 is 9.90 Å². The minimum atomic E-state index is -0.971. The predicted molar refractivity (Wildman–Crippen MR) is 106 cm³/mol. The molecule has 1 aromatic carbocycles. The molecule has 0 spiro atoms. The lowest BCUT2D eigenvalue weighted by Crippen LogP contribution is -2.59. The van der Waals surface area contributed by atoms with Crippen LogP contribution in [0.5, 0.6) is 0 Å². The standard InChI is InChI=1S/C22H24N4O2/c27-21(15-6-5-8-17-20(15)25-14-24-17)26-13-11-22(28,19-10-3-4-12-23-19)16-7-1-2-9-18(16)26/h3-6,8,10,12,14,16,18,28H,1-2,7,9,11,13H2,(H,24,25)/t16-,18+,22+/m0/s1. The molecule has 2 N–H and O–H groups in total. The number of hydrogen-bond donors (Lipinski definition) is 2. The Balaban J connectivity index is 1.51. The summed E-state index contributed by atoms with van der Waals surface area (Å²) in [6.07, 6.45) is 7.86. The molecule has 0 radical (unpaired) electrons. The van der Waals surface area contributed by atoms with Gasteiger partial charge in [-0.05, 0) is 43.5 Å². The van der Waals surface area contributed by atoms with Crippen molar-refractivity contribution in [1.29, 1.82) is 0 Å². The van der Waals surface area contributed by atoms with E-state index in [1.807, 2.05) is 41.3 Å². The molecule has 3 heterocycles. The molecule has 3 aromatic rings. The number of fused-ring (bicyclic) bond motifs is 2. The molecule has 6 heteroatoms. The van der Waals surface area contributed by atoms with Gasteiger partial charge in [-0.3, -0.25) is 9.78 Å². The lowest BCUT2D eigenvalue weighted by molar-refractivity contribution is -0.113. The van der Waals surface area contributed by atoms with E-state index in [4.69, 9.17) is 0 Å². The number of imidazole rings is 1. The fourth-order valence-electron chi connectivity index (χ4n) is 5.17. The smallest absolute Gasteiger partial charge is 0.256 e. The summed E-state index contributed by atoms with van der Waals surface area (Å²) in [6.45, 7) is 0.522. The van der Waals surface area contributed by atoms with Crippen LogP contribution in [0.1, 0.15) is 48.2 Å². The summed E-state index contributed by atoms with van der Waals surface area (Å²) in [5.74, 6) is 0.0184. The zero-order valence-electron chi connectivity index (χ0n) is 15.7. The summed E-state index contributed by atoms with van der Waals surface area (Å²) < 4.78 is 0. The van der Waals surface area contributed by atoms with Crippen LogP contribution < -0.4 is 0 Å². The number of likely N-dealkylation sites (tertiary alicyclic amines) is 1. The summed E-state index contributed by atoms with van der Waals surface area (Å²) in [4.78, 5) is 27.4. The number of carbonyl (C=O) groups is 1. The van der Waals surface area contributed by atoms with Crippen LogP contribution in [-0.2, 0) is 5.60 Å². The van der Waals surface area contributed by atoms with Gasteiger partial charge in [0.1, 0.15) is 11.1 Å². The summed E-state index contributed by atoms with van der Waals surface area (Å²) in [7, 11) is 0. The average molecular weight is 376 g/mol. The van der Waals surface area contributed by atoms with Crippen molar-refractivity contribution in [2.45, 2.75) is 43.7 Å². The number of para-hydroxylation sites is 1. The molecular formula is C22H24N4O2. The minimum absolute atomic E-state index is 0.00670. The second-order valence-corrected chi connectivity index (χ2v) is 7.95. The number of pyridine rings is 1. The number of aromatic amines is 1. The van der Waals surface area contributed by atoms with E-state index >= 15 is 0 Å². The number of benzene rings is 1. The van der Waals surface area contributed by atoms with E-state index in [1.165, 1.54) is 0 Å². The SMILES string of the molecule is O=C(c1cccc2[nH]cnc12)N1CC[C@](O)(c2ccccn2)[C@H]2CCCC[C@H]21. The van der Waals surface area contributed by atoms with E-state index in [9.17, 15) is 9.90 Å². The highest BCUT2D eigenvalue weighted by Gasteiger charge is 2.51. The number of rotatable bonds is 2. The molecule has 28 heavy (non-hydrogen) atoms. The summed E-state index contributed by atoms with van der Waals surface area (Å²) in [6, 6.07) is 11.4. The second-order valence-electron chi connectivity index (χ2n) is 7.95. The second kappa shape index (κ2) is 6.71. The number of nitrogens with one attached hydrogen (secondary N) is 1. The normalized spacial score (nSPS) is 27.5. The van der Waals surface area contributed by atoms with Gasteiger partial charge in [0.15, 0.2) is 0 Å². The third-order valence-electron chi connectivity index (χ3n) is 6.53. The fourth-order valence-corrected chi connectivity index (χ4v) is 5.17. The van der Waals surface area contributed by atoms with Gasteiger partial charge in [0.2, 0.25) is 0 Å². The molecule has 1 amide bonds. The Kier molecular flexibility index (Phi) is 4.16. The van der Waals surface area contributed by atoms with Crippen molar-refractivity contribution in [3.8, 4) is 0 Å². The minimum Gasteiger partial charge on any atom is -0.383 e. The van der Waals surface area contributed by atoms with Crippen molar-refractivity contribution in [2.24, 2.45) is 5.92 Å². The van der Waals surface area contributed by atoms with Crippen molar-refractivity contribution in [2.75, 3.05) is 6.54 Å². The molecule has 1 aliphatic heterocycles. The molecule has 2 fully saturated rings. The first-order valence-electron chi connectivity index (χ1n) is 10.1. The van der Waals surface area contributed by atoms with Gasteiger partial charge in [0.05, 0.1) is 23.1 Å². The monoisotopic (exact) mass is 376 g/mol. The fraction of sp³-hybridized carbons (Fsp3) is 0.409. The van der Waals surface area contributed by atoms with E-state index in [2.05, 4.69) is 15.0 Å². The zero-order valence-corrected chi connectivity index (χ0v) is 15.7. The van der Waals surface area contributed by atoms with E-state index in [0.29, 0.717) is 24.0 Å². The number of carbonyl (C=O) groups excluding carboxylic acids is 1.